The summed E-state index contributed by atoms with van der Waals surface area (Å²) >= 11 is 0. The molecule has 0 amide bonds. The molecule has 0 atom stereocenters. The van der Waals surface area contributed by atoms with Crippen LogP contribution in [0.1, 0.15) is 12.6 Å². The van der Waals surface area contributed by atoms with Crippen LogP contribution in [0, 0.1) is 5.82 Å². The Morgan fingerprint density at radius 3 is 2.86 bits per heavy atom. The van der Waals surface area contributed by atoms with Gasteiger partial charge < -0.3 is 0 Å². The van der Waals surface area contributed by atoms with Crippen LogP contribution in [0.4, 0.5) is 4.39 Å². The average molecular weight is 190 g/mol. The van der Waals surface area contributed by atoms with Gasteiger partial charge in [-0.1, -0.05) is 6.92 Å². The van der Waals surface area contributed by atoms with Gasteiger partial charge in [0.2, 0.25) is 0 Å². The van der Waals surface area contributed by atoms with Crippen LogP contribution in [0.25, 0.3) is 10.9 Å². The molecule has 0 bridgehead atoms. The van der Waals surface area contributed by atoms with Gasteiger partial charge in [-0.2, -0.15) is 0 Å². The maximum absolute atomic E-state index is 12.8. The van der Waals surface area contributed by atoms with Crippen LogP contribution in [-0.4, -0.2) is 4.98 Å². The molecule has 2 rings (SSSR count). The Morgan fingerprint density at radius 1 is 1.36 bits per heavy atom. The second kappa shape index (κ2) is 3.25. The van der Waals surface area contributed by atoms with Gasteiger partial charge in [-0.15, -0.1) is 0 Å². The van der Waals surface area contributed by atoms with E-state index >= 15 is 0 Å². The zero-order valence-corrected chi connectivity index (χ0v) is 7.75. The van der Waals surface area contributed by atoms with Crippen LogP contribution in [0.15, 0.2) is 24.3 Å². The van der Waals surface area contributed by atoms with Gasteiger partial charge in [0.25, 0.3) is 0 Å². The summed E-state index contributed by atoms with van der Waals surface area (Å²) in [6.07, 6.45) is 0.711. The van der Waals surface area contributed by atoms with Crippen LogP contribution in [0.2, 0.25) is 0 Å². The van der Waals surface area contributed by atoms with Crippen LogP contribution in [0.3, 0.4) is 0 Å². The highest BCUT2D eigenvalue weighted by molar-refractivity contribution is 5.84. The lowest BCUT2D eigenvalue weighted by Gasteiger charge is -2.01. The third kappa shape index (κ3) is 1.41. The van der Waals surface area contributed by atoms with E-state index in [2.05, 4.69) is 4.98 Å². The summed E-state index contributed by atoms with van der Waals surface area (Å²) in [5.74, 6) is -0.563. The average Bonchev–Trinajstić information content (AvgIpc) is 2.19. The van der Waals surface area contributed by atoms with Gasteiger partial charge in [-0.25, -0.2) is 4.39 Å². The van der Waals surface area contributed by atoms with Crippen LogP contribution < -0.4 is 0 Å². The molecule has 14 heavy (non-hydrogen) atoms. The SMILES string of the molecule is CCc1cc([O])c2cc(F)ccc2n1. The predicted molar refractivity (Wildman–Crippen MR) is 51.2 cm³/mol. The first-order valence-corrected chi connectivity index (χ1v) is 4.47. The fourth-order valence-corrected chi connectivity index (χ4v) is 1.40. The van der Waals surface area contributed by atoms with Crippen molar-refractivity contribution < 1.29 is 9.50 Å². The second-order valence-corrected chi connectivity index (χ2v) is 3.13. The van der Waals surface area contributed by atoms with E-state index in [1.54, 1.807) is 0 Å². The van der Waals surface area contributed by atoms with Crippen molar-refractivity contribution in [3.8, 4) is 5.75 Å². The molecule has 3 heteroatoms. The molecule has 0 saturated heterocycles. The molecule has 0 N–H and O–H groups in total. The topological polar surface area (TPSA) is 32.8 Å². The molecule has 0 unspecified atom stereocenters. The number of nitrogens with zero attached hydrogens (tertiary/aromatic N) is 1. The summed E-state index contributed by atoms with van der Waals surface area (Å²) in [7, 11) is 0. The summed E-state index contributed by atoms with van der Waals surface area (Å²) in [4.78, 5) is 4.23. The fraction of sp³-hybridized carbons (Fsp3) is 0.182. The lowest BCUT2D eigenvalue weighted by atomic mass is 10.1. The van der Waals surface area contributed by atoms with Gasteiger partial charge >= 0.3 is 0 Å². The van der Waals surface area contributed by atoms with Crippen LogP contribution in [0.5, 0.6) is 5.75 Å². The maximum atomic E-state index is 12.8. The highest BCUT2D eigenvalue weighted by Crippen LogP contribution is 2.25. The third-order valence-corrected chi connectivity index (χ3v) is 2.15. The first-order chi connectivity index (χ1) is 6.70. The first kappa shape index (κ1) is 8.94. The van der Waals surface area contributed by atoms with Gasteiger partial charge in [0.1, 0.15) is 5.82 Å². The number of halogens is 1. The predicted octanol–water partition coefficient (Wildman–Crippen LogP) is 3.08. The number of aryl methyl sites for hydroxylation is 1. The molecule has 0 spiro atoms. The number of aromatic nitrogens is 1. The van der Waals surface area contributed by atoms with Crippen molar-refractivity contribution in [1.82, 2.24) is 4.98 Å². The largest absolute Gasteiger partial charge is 0.289 e. The second-order valence-electron chi connectivity index (χ2n) is 3.13. The molecular weight excluding hydrogens is 181 g/mol. The molecule has 2 nitrogen and oxygen atoms in total. The van der Waals surface area contributed by atoms with Crippen molar-refractivity contribution in [2.75, 3.05) is 0 Å². The molecule has 71 valence electrons. The van der Waals surface area contributed by atoms with E-state index in [9.17, 15) is 9.50 Å². The normalized spacial score (nSPS) is 10.7. The molecule has 0 aliphatic carbocycles. The minimum atomic E-state index is -0.402. The standard InChI is InChI=1S/C11H9FNO/c1-2-8-6-11(14)9-5-7(12)3-4-10(9)13-8/h3-6H,2H2,1H3. The van der Waals surface area contributed by atoms with Crippen LogP contribution >= 0.6 is 0 Å². The molecule has 1 aromatic heterocycles. The summed E-state index contributed by atoms with van der Waals surface area (Å²) in [6, 6.07) is 5.53. The zero-order valence-electron chi connectivity index (χ0n) is 7.75. The molecular formula is C11H9FNO. The molecule has 0 saturated carbocycles. The van der Waals surface area contributed by atoms with E-state index < -0.39 is 5.82 Å². The van der Waals surface area contributed by atoms with Gasteiger partial charge in [0.15, 0.2) is 5.75 Å². The minimum Gasteiger partial charge on any atom is -0.289 e. The number of pyridine rings is 1. The molecule has 0 aliphatic heterocycles. The number of fused-ring (bicyclic) bond motifs is 1. The summed E-state index contributed by atoms with van der Waals surface area (Å²) in [5, 5.41) is 11.9. The number of hydrogen-bond donors (Lipinski definition) is 0. The summed E-state index contributed by atoms with van der Waals surface area (Å²) in [5.41, 5.74) is 1.31. The molecule has 1 radical (unpaired) electrons. The van der Waals surface area contributed by atoms with E-state index in [1.165, 1.54) is 24.3 Å². The van der Waals surface area contributed by atoms with Crippen molar-refractivity contribution in [3.63, 3.8) is 0 Å². The molecule has 0 aliphatic rings. The Bertz CT molecular complexity index is 482. The van der Waals surface area contributed by atoms with Crippen molar-refractivity contribution in [3.05, 3.63) is 35.8 Å². The van der Waals surface area contributed by atoms with Crippen molar-refractivity contribution in [1.29, 1.82) is 0 Å². The van der Waals surface area contributed by atoms with Gasteiger partial charge in [0.05, 0.1) is 10.9 Å². The highest BCUT2D eigenvalue weighted by Gasteiger charge is 2.06. The fourth-order valence-electron chi connectivity index (χ4n) is 1.40. The summed E-state index contributed by atoms with van der Waals surface area (Å²) in [6.45, 7) is 1.93. The first-order valence-electron chi connectivity index (χ1n) is 4.47. The van der Waals surface area contributed by atoms with Crippen molar-refractivity contribution >= 4 is 10.9 Å². The van der Waals surface area contributed by atoms with E-state index in [1.807, 2.05) is 6.92 Å². The van der Waals surface area contributed by atoms with Crippen molar-refractivity contribution in [2.24, 2.45) is 0 Å². The Morgan fingerprint density at radius 2 is 2.14 bits per heavy atom. The Kier molecular flexibility index (Phi) is 2.08. The van der Waals surface area contributed by atoms with E-state index in [0.717, 1.165) is 5.69 Å². The monoisotopic (exact) mass is 190 g/mol. The quantitative estimate of drug-likeness (QED) is 0.680. The number of hydrogen-bond acceptors (Lipinski definition) is 1. The molecule has 2 aromatic rings. The molecule has 1 aromatic carbocycles. The number of benzene rings is 1. The molecule has 0 fully saturated rings. The maximum Gasteiger partial charge on any atom is 0.189 e. The van der Waals surface area contributed by atoms with E-state index in [-0.39, 0.29) is 5.75 Å². The minimum absolute atomic E-state index is 0.161. The zero-order chi connectivity index (χ0) is 10.1. The lowest BCUT2D eigenvalue weighted by Crippen LogP contribution is -1.88. The summed E-state index contributed by atoms with van der Waals surface area (Å²) < 4.78 is 12.8. The van der Waals surface area contributed by atoms with E-state index in [4.69, 9.17) is 0 Å². The smallest absolute Gasteiger partial charge is 0.189 e. The number of rotatable bonds is 1. The highest BCUT2D eigenvalue weighted by atomic mass is 19.1. The third-order valence-electron chi connectivity index (χ3n) is 2.15. The Hall–Kier alpha value is -1.64. The van der Waals surface area contributed by atoms with E-state index in [0.29, 0.717) is 17.3 Å². The van der Waals surface area contributed by atoms with Crippen LogP contribution in [-0.2, 0) is 11.5 Å². The Labute approximate surface area is 81.0 Å². The van der Waals surface area contributed by atoms with Gasteiger partial charge in [-0.3, -0.25) is 10.1 Å². The Balaban J connectivity index is 2.76. The van der Waals surface area contributed by atoms with Crippen molar-refractivity contribution in [2.45, 2.75) is 13.3 Å². The lowest BCUT2D eigenvalue weighted by molar-refractivity contribution is 0.359. The van der Waals surface area contributed by atoms with Gasteiger partial charge in [0, 0.05) is 11.8 Å². The molecule has 1 heterocycles. The van der Waals surface area contributed by atoms with Gasteiger partial charge in [-0.05, 0) is 24.6 Å².